The molecule has 0 N–H and O–H groups in total. The summed E-state index contributed by atoms with van der Waals surface area (Å²) >= 11 is 0. The molecule has 2 saturated heterocycles. The SMILES string of the molecule is CCCCCC(=O)C=C[C@@H]1[C@H](OC2CCCCO2)CS(=O)(=O)[C@H]1CCCCCCC(=O)OC. The Morgan fingerprint density at radius 2 is 1.79 bits per heavy atom. The van der Waals surface area contributed by atoms with Crippen LogP contribution in [0.1, 0.15) is 90.4 Å². The number of carbonyl (C=O) groups is 2. The van der Waals surface area contributed by atoms with Crippen molar-refractivity contribution in [2.24, 2.45) is 5.92 Å². The normalized spacial score (nSPS) is 27.1. The second-order valence-corrected chi connectivity index (χ2v) is 11.5. The van der Waals surface area contributed by atoms with Crippen molar-refractivity contribution in [2.75, 3.05) is 19.5 Å². The average Bonchev–Trinajstić information content (AvgIpc) is 3.03. The molecule has 0 bridgehead atoms. The number of carbonyl (C=O) groups excluding carboxylic acids is 2. The van der Waals surface area contributed by atoms with Crippen molar-refractivity contribution < 1.29 is 32.2 Å². The molecule has 7 nitrogen and oxygen atoms in total. The zero-order valence-electron chi connectivity index (χ0n) is 20.3. The van der Waals surface area contributed by atoms with Crippen LogP contribution < -0.4 is 0 Å². The van der Waals surface area contributed by atoms with Crippen molar-refractivity contribution in [3.8, 4) is 0 Å². The Labute approximate surface area is 199 Å². The highest BCUT2D eigenvalue weighted by atomic mass is 32.2. The molecule has 2 heterocycles. The fraction of sp³-hybridized carbons (Fsp3) is 0.840. The van der Waals surface area contributed by atoms with Gasteiger partial charge < -0.3 is 14.2 Å². The van der Waals surface area contributed by atoms with Gasteiger partial charge in [0.05, 0.1) is 24.2 Å². The Hall–Kier alpha value is -1.25. The molecule has 1 unspecified atom stereocenters. The fourth-order valence-electron chi connectivity index (χ4n) is 4.63. The third-order valence-electron chi connectivity index (χ3n) is 6.56. The lowest BCUT2D eigenvalue weighted by atomic mass is 9.94. The van der Waals surface area contributed by atoms with Gasteiger partial charge in [0.25, 0.3) is 0 Å². The molecule has 0 amide bonds. The molecule has 0 radical (unpaired) electrons. The lowest BCUT2D eigenvalue weighted by Crippen LogP contribution is -2.33. The summed E-state index contributed by atoms with van der Waals surface area (Å²) in [6.45, 7) is 2.73. The summed E-state index contributed by atoms with van der Waals surface area (Å²) < 4.78 is 42.5. The lowest BCUT2D eigenvalue weighted by Gasteiger charge is -2.28. The molecule has 4 atom stereocenters. The Bertz CT molecular complexity index is 725. The number of sulfone groups is 1. The average molecular weight is 487 g/mol. The van der Waals surface area contributed by atoms with Crippen molar-refractivity contribution in [1.29, 1.82) is 0 Å². The molecule has 0 aliphatic carbocycles. The van der Waals surface area contributed by atoms with Gasteiger partial charge in [-0.25, -0.2) is 8.42 Å². The quantitative estimate of drug-likeness (QED) is 0.191. The summed E-state index contributed by atoms with van der Waals surface area (Å²) in [5.74, 6) is -0.543. The van der Waals surface area contributed by atoms with E-state index in [-0.39, 0.29) is 29.7 Å². The number of rotatable bonds is 15. The number of ether oxygens (including phenoxy) is 3. The van der Waals surface area contributed by atoms with Crippen LogP contribution in [-0.4, -0.2) is 57.3 Å². The van der Waals surface area contributed by atoms with Gasteiger partial charge in [0.1, 0.15) is 0 Å². The molecule has 2 aliphatic rings. The Morgan fingerprint density at radius 1 is 1.03 bits per heavy atom. The molecule has 0 aromatic heterocycles. The Balaban J connectivity index is 1.99. The monoisotopic (exact) mass is 486 g/mol. The molecule has 8 heteroatoms. The minimum absolute atomic E-state index is 0.0289. The van der Waals surface area contributed by atoms with E-state index >= 15 is 0 Å². The van der Waals surface area contributed by atoms with Gasteiger partial charge in [0.2, 0.25) is 0 Å². The molecule has 0 saturated carbocycles. The van der Waals surface area contributed by atoms with Crippen molar-refractivity contribution in [2.45, 2.75) is 108 Å². The second-order valence-electron chi connectivity index (χ2n) is 9.23. The molecule has 2 fully saturated rings. The molecule has 0 spiro atoms. The predicted molar refractivity (Wildman–Crippen MR) is 128 cm³/mol. The Kier molecular flexibility index (Phi) is 12.6. The number of esters is 1. The van der Waals surface area contributed by atoms with Crippen molar-refractivity contribution in [1.82, 2.24) is 0 Å². The van der Waals surface area contributed by atoms with E-state index in [1.165, 1.54) is 7.11 Å². The highest BCUT2D eigenvalue weighted by Crippen LogP contribution is 2.36. The minimum Gasteiger partial charge on any atom is -0.469 e. The molecule has 33 heavy (non-hydrogen) atoms. The van der Waals surface area contributed by atoms with E-state index in [0.717, 1.165) is 64.2 Å². The maximum Gasteiger partial charge on any atom is 0.305 e. The van der Waals surface area contributed by atoms with E-state index in [1.807, 2.05) is 0 Å². The van der Waals surface area contributed by atoms with E-state index in [4.69, 9.17) is 9.47 Å². The summed E-state index contributed by atoms with van der Waals surface area (Å²) in [5, 5.41) is -0.550. The molecular weight excluding hydrogens is 444 g/mol. The van der Waals surface area contributed by atoms with Gasteiger partial charge in [0.15, 0.2) is 21.9 Å². The summed E-state index contributed by atoms with van der Waals surface area (Å²) in [4.78, 5) is 23.5. The maximum atomic E-state index is 13.0. The van der Waals surface area contributed by atoms with E-state index in [2.05, 4.69) is 11.7 Å². The lowest BCUT2D eigenvalue weighted by molar-refractivity contribution is -0.188. The van der Waals surface area contributed by atoms with Gasteiger partial charge >= 0.3 is 5.97 Å². The third-order valence-corrected chi connectivity index (χ3v) is 8.82. The van der Waals surface area contributed by atoms with Crippen LogP contribution in [-0.2, 0) is 33.6 Å². The second kappa shape index (κ2) is 14.9. The van der Waals surface area contributed by atoms with E-state index in [0.29, 0.717) is 25.9 Å². The number of unbranched alkanes of at least 4 members (excludes halogenated alkanes) is 5. The van der Waals surface area contributed by atoms with Crippen LogP contribution in [0.4, 0.5) is 0 Å². The van der Waals surface area contributed by atoms with Crippen LogP contribution >= 0.6 is 0 Å². The van der Waals surface area contributed by atoms with Crippen LogP contribution in [0.25, 0.3) is 0 Å². The molecule has 0 aromatic carbocycles. The van der Waals surface area contributed by atoms with Gasteiger partial charge in [-0.3, -0.25) is 9.59 Å². The number of methoxy groups -OCH3 is 1. The zero-order valence-corrected chi connectivity index (χ0v) is 21.2. The highest BCUT2D eigenvalue weighted by Gasteiger charge is 2.47. The third kappa shape index (κ3) is 9.87. The highest BCUT2D eigenvalue weighted by molar-refractivity contribution is 7.92. The Morgan fingerprint density at radius 3 is 2.48 bits per heavy atom. The van der Waals surface area contributed by atoms with E-state index in [9.17, 15) is 18.0 Å². The van der Waals surface area contributed by atoms with Gasteiger partial charge in [-0.15, -0.1) is 0 Å². The first-order valence-corrected chi connectivity index (χ1v) is 14.4. The van der Waals surface area contributed by atoms with Gasteiger partial charge in [-0.1, -0.05) is 45.1 Å². The smallest absolute Gasteiger partial charge is 0.305 e. The van der Waals surface area contributed by atoms with Gasteiger partial charge in [-0.2, -0.15) is 0 Å². The van der Waals surface area contributed by atoms with Crippen molar-refractivity contribution in [3.63, 3.8) is 0 Å². The minimum atomic E-state index is -3.33. The van der Waals surface area contributed by atoms with E-state index < -0.39 is 21.2 Å². The summed E-state index contributed by atoms with van der Waals surface area (Å²) in [7, 11) is -1.95. The number of hydrogen-bond acceptors (Lipinski definition) is 7. The van der Waals surface area contributed by atoms with Crippen LogP contribution in [0.2, 0.25) is 0 Å². The molecule has 190 valence electrons. The summed E-state index contributed by atoms with van der Waals surface area (Å²) in [6, 6.07) is 0. The van der Waals surface area contributed by atoms with Crippen LogP contribution in [0, 0.1) is 5.92 Å². The number of hydrogen-bond donors (Lipinski definition) is 0. The largest absolute Gasteiger partial charge is 0.469 e. The standard InChI is InChI=1S/C25H42O7S/c1-3-4-7-12-20(26)16-17-21-22(32-25-15-10-11-18-31-25)19-33(28,29)23(21)13-8-5-6-9-14-24(27)30-2/h16-17,21-23,25H,3-15,18-19H2,1-2H3/t21-,22-,23+,25?/m1/s1. The molecule has 2 rings (SSSR count). The summed E-state index contributed by atoms with van der Waals surface area (Å²) in [5.41, 5.74) is 0. The number of allylic oxidation sites excluding steroid dienone is 1. The fourth-order valence-corrected chi connectivity index (χ4v) is 6.90. The maximum absolute atomic E-state index is 13.0. The first-order valence-electron chi connectivity index (χ1n) is 12.6. The predicted octanol–water partition coefficient (Wildman–Crippen LogP) is 4.53. The van der Waals surface area contributed by atoms with Crippen molar-refractivity contribution in [3.05, 3.63) is 12.2 Å². The topological polar surface area (TPSA) is 96.0 Å². The van der Waals surface area contributed by atoms with Gasteiger partial charge in [0, 0.05) is 25.4 Å². The molecule has 0 aromatic rings. The first-order chi connectivity index (χ1) is 15.9. The number of ketones is 1. The van der Waals surface area contributed by atoms with Crippen molar-refractivity contribution >= 4 is 21.6 Å². The van der Waals surface area contributed by atoms with Crippen LogP contribution in [0.3, 0.4) is 0 Å². The summed E-state index contributed by atoms with van der Waals surface area (Å²) in [6.07, 6.45) is 12.8. The first kappa shape index (κ1) is 28.0. The molecular formula is C25H42O7S. The molecule has 2 aliphatic heterocycles. The van der Waals surface area contributed by atoms with Crippen LogP contribution in [0.15, 0.2) is 12.2 Å². The zero-order chi connectivity index (χ0) is 24.1. The van der Waals surface area contributed by atoms with Gasteiger partial charge in [-0.05, 0) is 44.6 Å². The van der Waals surface area contributed by atoms with E-state index in [1.54, 1.807) is 12.2 Å². The van der Waals surface area contributed by atoms with Crippen LogP contribution in [0.5, 0.6) is 0 Å².